The normalized spacial score (nSPS) is 11.2. The van der Waals surface area contributed by atoms with Crippen LogP contribution in [0.2, 0.25) is 0 Å². The largest absolute Gasteiger partial charge is 0.399 e. The van der Waals surface area contributed by atoms with Gasteiger partial charge in [-0.05, 0) is 31.2 Å². The Morgan fingerprint density at radius 3 is 2.72 bits per heavy atom. The molecule has 1 aromatic carbocycles. The number of rotatable bonds is 3. The van der Waals surface area contributed by atoms with Crippen molar-refractivity contribution in [3.8, 4) is 0 Å². The molecule has 0 saturated carbocycles. The maximum atomic E-state index is 12.0. The molecule has 1 aromatic heterocycles. The molecule has 0 amide bonds. The van der Waals surface area contributed by atoms with Crippen molar-refractivity contribution in [2.75, 3.05) is 10.5 Å². The summed E-state index contributed by atoms with van der Waals surface area (Å²) in [6.07, 6.45) is 1.49. The van der Waals surface area contributed by atoms with E-state index in [2.05, 4.69) is 14.7 Å². The summed E-state index contributed by atoms with van der Waals surface area (Å²) < 4.78 is 26.3. The first-order valence-electron chi connectivity index (χ1n) is 5.15. The predicted molar refractivity (Wildman–Crippen MR) is 68.4 cm³/mol. The van der Waals surface area contributed by atoms with Crippen LogP contribution in [0.4, 0.5) is 11.6 Å². The van der Waals surface area contributed by atoms with Crippen LogP contribution in [0.3, 0.4) is 0 Å². The fourth-order valence-electron chi connectivity index (χ4n) is 1.36. The average Bonchev–Trinajstić information content (AvgIpc) is 2.28. The second kappa shape index (κ2) is 4.61. The van der Waals surface area contributed by atoms with E-state index in [0.29, 0.717) is 11.4 Å². The molecule has 2 aromatic rings. The number of hydrogen-bond donors (Lipinski definition) is 2. The Bertz CT molecular complexity index is 670. The number of nitrogens with two attached hydrogens (primary N) is 1. The summed E-state index contributed by atoms with van der Waals surface area (Å²) in [5.41, 5.74) is 6.60. The molecule has 0 spiro atoms. The highest BCUT2D eigenvalue weighted by atomic mass is 32.2. The Hall–Kier alpha value is -2.15. The van der Waals surface area contributed by atoms with Gasteiger partial charge in [0.05, 0.1) is 4.90 Å². The fraction of sp³-hybridized carbons (Fsp3) is 0.0909. The van der Waals surface area contributed by atoms with E-state index in [9.17, 15) is 8.42 Å². The number of benzene rings is 1. The van der Waals surface area contributed by atoms with Crippen molar-refractivity contribution in [3.05, 3.63) is 42.2 Å². The molecule has 0 unspecified atom stereocenters. The first-order valence-corrected chi connectivity index (χ1v) is 6.64. The molecule has 0 radical (unpaired) electrons. The summed E-state index contributed by atoms with van der Waals surface area (Å²) in [7, 11) is -3.71. The summed E-state index contributed by atoms with van der Waals surface area (Å²) in [4.78, 5) is 7.89. The van der Waals surface area contributed by atoms with Crippen LogP contribution in [-0.4, -0.2) is 18.4 Å². The third-order valence-corrected chi connectivity index (χ3v) is 3.51. The van der Waals surface area contributed by atoms with Gasteiger partial charge in [0, 0.05) is 17.6 Å². The number of hydrogen-bond acceptors (Lipinski definition) is 5. The van der Waals surface area contributed by atoms with Crippen LogP contribution in [0.1, 0.15) is 5.69 Å². The molecule has 1 heterocycles. The van der Waals surface area contributed by atoms with Gasteiger partial charge in [0.15, 0.2) is 0 Å². The molecule has 0 aliphatic rings. The molecule has 3 N–H and O–H groups in total. The Labute approximate surface area is 105 Å². The highest BCUT2D eigenvalue weighted by Crippen LogP contribution is 2.15. The molecule has 0 bridgehead atoms. The van der Waals surface area contributed by atoms with Gasteiger partial charge >= 0.3 is 0 Å². The van der Waals surface area contributed by atoms with Gasteiger partial charge < -0.3 is 5.73 Å². The molecular weight excluding hydrogens is 252 g/mol. The molecule has 0 fully saturated rings. The molecule has 18 heavy (non-hydrogen) atoms. The third kappa shape index (κ3) is 2.75. The maximum Gasteiger partial charge on any atom is 0.264 e. The lowest BCUT2D eigenvalue weighted by molar-refractivity contribution is 0.601. The highest BCUT2D eigenvalue weighted by molar-refractivity contribution is 7.92. The predicted octanol–water partition coefficient (Wildman–Crippen LogP) is 1.17. The number of anilines is 2. The molecule has 94 valence electrons. The molecule has 2 rings (SSSR count). The molecule has 6 nitrogen and oxygen atoms in total. The Kier molecular flexibility index (Phi) is 3.15. The monoisotopic (exact) mass is 264 g/mol. The minimum Gasteiger partial charge on any atom is -0.399 e. The summed E-state index contributed by atoms with van der Waals surface area (Å²) in [6.45, 7) is 1.75. The van der Waals surface area contributed by atoms with E-state index in [1.54, 1.807) is 25.1 Å². The minimum absolute atomic E-state index is 0.0393. The Morgan fingerprint density at radius 1 is 1.28 bits per heavy atom. The van der Waals surface area contributed by atoms with E-state index < -0.39 is 10.0 Å². The molecule has 0 aliphatic heterocycles. The number of nitrogens with one attached hydrogen (secondary N) is 1. The summed E-state index contributed by atoms with van der Waals surface area (Å²) in [5.74, 6) is 0.0393. The van der Waals surface area contributed by atoms with Crippen molar-refractivity contribution in [2.45, 2.75) is 11.8 Å². The second-order valence-corrected chi connectivity index (χ2v) is 5.38. The summed E-state index contributed by atoms with van der Waals surface area (Å²) in [6, 6.07) is 7.69. The van der Waals surface area contributed by atoms with E-state index in [1.165, 1.54) is 18.3 Å². The zero-order valence-electron chi connectivity index (χ0n) is 9.66. The molecule has 0 aliphatic carbocycles. The van der Waals surface area contributed by atoms with Gasteiger partial charge in [-0.25, -0.2) is 23.1 Å². The minimum atomic E-state index is -3.71. The molecule has 0 atom stereocenters. The van der Waals surface area contributed by atoms with Gasteiger partial charge in [0.2, 0.25) is 5.95 Å². The lowest BCUT2D eigenvalue weighted by Crippen LogP contribution is -2.15. The first-order chi connectivity index (χ1) is 8.47. The van der Waals surface area contributed by atoms with Crippen LogP contribution in [0.15, 0.2) is 41.4 Å². The molecule has 0 saturated heterocycles. The Balaban J connectivity index is 2.33. The van der Waals surface area contributed by atoms with E-state index in [0.717, 1.165) is 0 Å². The van der Waals surface area contributed by atoms with Crippen molar-refractivity contribution in [3.63, 3.8) is 0 Å². The zero-order valence-corrected chi connectivity index (χ0v) is 10.5. The van der Waals surface area contributed by atoms with Gasteiger partial charge in [-0.15, -0.1) is 0 Å². The Morgan fingerprint density at radius 2 is 2.06 bits per heavy atom. The smallest absolute Gasteiger partial charge is 0.264 e. The second-order valence-electron chi connectivity index (χ2n) is 3.70. The van der Waals surface area contributed by atoms with Crippen molar-refractivity contribution >= 4 is 21.7 Å². The van der Waals surface area contributed by atoms with E-state index in [4.69, 9.17) is 5.73 Å². The quantitative estimate of drug-likeness (QED) is 0.811. The van der Waals surface area contributed by atoms with Crippen LogP contribution in [-0.2, 0) is 10.0 Å². The number of aromatic nitrogens is 2. The van der Waals surface area contributed by atoms with Crippen molar-refractivity contribution < 1.29 is 8.42 Å². The van der Waals surface area contributed by atoms with Gasteiger partial charge in [-0.3, -0.25) is 0 Å². The zero-order chi connectivity index (χ0) is 13.2. The number of nitrogen functional groups attached to an aromatic ring is 1. The van der Waals surface area contributed by atoms with Crippen molar-refractivity contribution in [1.82, 2.24) is 9.97 Å². The van der Waals surface area contributed by atoms with Crippen molar-refractivity contribution in [2.24, 2.45) is 0 Å². The first kappa shape index (κ1) is 12.3. The fourth-order valence-corrected chi connectivity index (χ4v) is 2.36. The van der Waals surface area contributed by atoms with E-state index >= 15 is 0 Å². The van der Waals surface area contributed by atoms with E-state index in [1.807, 2.05) is 0 Å². The number of nitrogens with zero attached hydrogens (tertiary/aromatic N) is 2. The average molecular weight is 264 g/mol. The third-order valence-electron chi connectivity index (χ3n) is 2.19. The lowest BCUT2D eigenvalue weighted by Gasteiger charge is -2.07. The summed E-state index contributed by atoms with van der Waals surface area (Å²) in [5, 5.41) is 0. The van der Waals surface area contributed by atoms with Crippen molar-refractivity contribution in [1.29, 1.82) is 0 Å². The number of aryl methyl sites for hydroxylation is 1. The highest BCUT2D eigenvalue weighted by Gasteiger charge is 2.15. The van der Waals surface area contributed by atoms with E-state index in [-0.39, 0.29) is 10.8 Å². The SMILES string of the molecule is Cc1ccnc(NS(=O)(=O)c2cccc(N)c2)n1. The van der Waals surface area contributed by atoms with Gasteiger partial charge in [0.1, 0.15) is 0 Å². The molecular formula is C11H12N4O2S. The van der Waals surface area contributed by atoms with Crippen LogP contribution in [0.5, 0.6) is 0 Å². The number of sulfonamides is 1. The van der Waals surface area contributed by atoms with Crippen LogP contribution in [0, 0.1) is 6.92 Å². The van der Waals surface area contributed by atoms with Crippen LogP contribution >= 0.6 is 0 Å². The van der Waals surface area contributed by atoms with Gasteiger partial charge in [0.25, 0.3) is 10.0 Å². The standard InChI is InChI=1S/C11H12N4O2S/c1-8-5-6-13-11(14-8)15-18(16,17)10-4-2-3-9(12)7-10/h2-7H,12H2,1H3,(H,13,14,15). The molecule has 7 heteroatoms. The van der Waals surface area contributed by atoms with Crippen LogP contribution < -0.4 is 10.5 Å². The topological polar surface area (TPSA) is 98.0 Å². The summed E-state index contributed by atoms with van der Waals surface area (Å²) >= 11 is 0. The van der Waals surface area contributed by atoms with Gasteiger partial charge in [-0.1, -0.05) is 6.07 Å². The lowest BCUT2D eigenvalue weighted by atomic mass is 10.3. The van der Waals surface area contributed by atoms with Gasteiger partial charge in [-0.2, -0.15) is 0 Å². The van der Waals surface area contributed by atoms with Crippen LogP contribution in [0.25, 0.3) is 0 Å². The maximum absolute atomic E-state index is 12.0.